The van der Waals surface area contributed by atoms with Gasteiger partial charge in [-0.3, -0.25) is 24.4 Å². The van der Waals surface area contributed by atoms with Crippen LogP contribution in [-0.4, -0.2) is 44.8 Å². The van der Waals surface area contributed by atoms with Crippen molar-refractivity contribution in [1.29, 1.82) is 0 Å². The number of anilines is 1. The van der Waals surface area contributed by atoms with Crippen molar-refractivity contribution in [1.82, 2.24) is 14.9 Å². The molecule has 0 bridgehead atoms. The van der Waals surface area contributed by atoms with Crippen molar-refractivity contribution < 1.29 is 19.1 Å². The summed E-state index contributed by atoms with van der Waals surface area (Å²) in [5, 5.41) is 2.67. The quantitative estimate of drug-likeness (QED) is 0.541. The Morgan fingerprint density at radius 2 is 1.85 bits per heavy atom. The van der Waals surface area contributed by atoms with Crippen molar-refractivity contribution in [3.63, 3.8) is 0 Å². The van der Waals surface area contributed by atoms with Crippen molar-refractivity contribution in [2.45, 2.75) is 72.4 Å². The number of carbonyl (C=O) groups is 3. The van der Waals surface area contributed by atoms with E-state index in [0.717, 1.165) is 29.7 Å². The number of hydrogen-bond donors (Lipinski definition) is 1. The average Bonchev–Trinajstić information content (AvgIpc) is 2.74. The molecule has 182 valence electrons. The number of likely N-dealkylation sites (tertiary alicyclic amines) is 1. The van der Waals surface area contributed by atoms with Crippen molar-refractivity contribution in [2.75, 3.05) is 11.9 Å². The number of pyridine rings is 2. The molecule has 2 amide bonds. The number of amides is 2. The molecule has 1 aliphatic heterocycles. The monoisotopic (exact) mass is 466 g/mol. The normalized spacial score (nSPS) is 18.4. The first kappa shape index (κ1) is 25.3. The molecule has 0 saturated carbocycles. The third-order valence-corrected chi connectivity index (χ3v) is 5.77. The average molecular weight is 467 g/mol. The number of ether oxygens (including phenoxy) is 1. The minimum Gasteiger partial charge on any atom is -0.460 e. The molecule has 8 heteroatoms. The van der Waals surface area contributed by atoms with Gasteiger partial charge >= 0.3 is 17.8 Å². The van der Waals surface area contributed by atoms with E-state index in [-0.39, 0.29) is 18.4 Å². The van der Waals surface area contributed by atoms with Gasteiger partial charge in [-0.1, -0.05) is 13.0 Å². The standard InChI is InChI=1S/C26H34N4O4/c1-16-7-10-22(19-9-8-18(3)27-13-19)30(15-16)25(33)24(32)29-20-11-17(2)21(28-14-20)12-23(31)34-26(4,5)6/h8-9,11,13-14,16,22H,7,10,12,15H2,1-6H3,(H,29,32)/t16-,22+/m1/s1. The predicted molar refractivity (Wildman–Crippen MR) is 129 cm³/mol. The van der Waals surface area contributed by atoms with Crippen LogP contribution in [0.4, 0.5) is 5.69 Å². The van der Waals surface area contributed by atoms with E-state index in [2.05, 4.69) is 22.2 Å². The van der Waals surface area contributed by atoms with Gasteiger partial charge in [-0.2, -0.15) is 0 Å². The topological polar surface area (TPSA) is 101 Å². The van der Waals surface area contributed by atoms with Crippen LogP contribution in [0.15, 0.2) is 30.6 Å². The van der Waals surface area contributed by atoms with Crippen molar-refractivity contribution in [3.8, 4) is 0 Å². The number of rotatable bonds is 4. The van der Waals surface area contributed by atoms with Crippen LogP contribution in [0.2, 0.25) is 0 Å². The van der Waals surface area contributed by atoms with Crippen LogP contribution in [0.25, 0.3) is 0 Å². The first-order chi connectivity index (χ1) is 15.9. The van der Waals surface area contributed by atoms with Gasteiger partial charge in [0, 0.05) is 18.4 Å². The Morgan fingerprint density at radius 1 is 1.12 bits per heavy atom. The summed E-state index contributed by atoms with van der Waals surface area (Å²) in [6, 6.07) is 5.41. The smallest absolute Gasteiger partial charge is 0.313 e. The Kier molecular flexibility index (Phi) is 7.69. The van der Waals surface area contributed by atoms with E-state index in [9.17, 15) is 14.4 Å². The summed E-state index contributed by atoms with van der Waals surface area (Å²) >= 11 is 0. The highest BCUT2D eigenvalue weighted by Gasteiger charge is 2.34. The predicted octanol–water partition coefficient (Wildman–Crippen LogP) is 3.92. The Balaban J connectivity index is 1.70. The lowest BCUT2D eigenvalue weighted by molar-refractivity contribution is -0.154. The van der Waals surface area contributed by atoms with Crippen LogP contribution in [0.1, 0.15) is 69.1 Å². The third kappa shape index (κ3) is 6.62. The summed E-state index contributed by atoms with van der Waals surface area (Å²) < 4.78 is 5.35. The van der Waals surface area contributed by atoms with Gasteiger partial charge in [-0.25, -0.2) is 0 Å². The van der Waals surface area contributed by atoms with E-state index in [1.165, 1.54) is 6.20 Å². The number of aromatic nitrogens is 2. The number of carbonyl (C=O) groups excluding carboxylic acids is 3. The van der Waals surface area contributed by atoms with E-state index < -0.39 is 17.4 Å². The molecule has 2 aromatic rings. The van der Waals surface area contributed by atoms with Gasteiger partial charge in [0.15, 0.2) is 0 Å². The molecule has 2 aromatic heterocycles. The van der Waals surface area contributed by atoms with Gasteiger partial charge in [-0.15, -0.1) is 0 Å². The number of aryl methyl sites for hydroxylation is 2. The largest absolute Gasteiger partial charge is 0.460 e. The highest BCUT2D eigenvalue weighted by molar-refractivity contribution is 6.39. The van der Waals surface area contributed by atoms with Crippen LogP contribution in [0, 0.1) is 19.8 Å². The van der Waals surface area contributed by atoms with Crippen LogP contribution in [-0.2, 0) is 25.5 Å². The van der Waals surface area contributed by atoms with Gasteiger partial charge in [0.1, 0.15) is 5.60 Å². The van der Waals surface area contributed by atoms with Crippen molar-refractivity contribution in [3.05, 3.63) is 53.1 Å². The zero-order valence-electron chi connectivity index (χ0n) is 20.8. The summed E-state index contributed by atoms with van der Waals surface area (Å²) in [6.07, 6.45) is 5.04. The molecule has 2 atom stereocenters. The molecule has 1 saturated heterocycles. The second kappa shape index (κ2) is 10.3. The molecule has 0 unspecified atom stereocenters. The minimum absolute atomic E-state index is 0.0359. The maximum atomic E-state index is 13.1. The second-order valence-corrected chi connectivity index (χ2v) is 10.1. The van der Waals surface area contributed by atoms with Crippen LogP contribution >= 0.6 is 0 Å². The molecule has 1 aliphatic rings. The SMILES string of the molecule is Cc1ccc([C@@H]2CC[C@@H](C)CN2C(=O)C(=O)Nc2cnc(CC(=O)OC(C)(C)C)c(C)c2)cn1. The lowest BCUT2D eigenvalue weighted by Crippen LogP contribution is -2.46. The number of piperidine rings is 1. The van der Waals surface area contributed by atoms with Crippen LogP contribution in [0.3, 0.4) is 0 Å². The highest BCUT2D eigenvalue weighted by atomic mass is 16.6. The number of hydrogen-bond acceptors (Lipinski definition) is 6. The fourth-order valence-electron chi connectivity index (χ4n) is 4.09. The van der Waals surface area contributed by atoms with E-state index in [1.54, 1.807) is 24.1 Å². The van der Waals surface area contributed by atoms with E-state index in [0.29, 0.717) is 23.8 Å². The van der Waals surface area contributed by atoms with Gasteiger partial charge < -0.3 is 15.0 Å². The van der Waals surface area contributed by atoms with Crippen molar-refractivity contribution >= 4 is 23.5 Å². The minimum atomic E-state index is -0.708. The molecule has 1 N–H and O–H groups in total. The highest BCUT2D eigenvalue weighted by Crippen LogP contribution is 2.33. The van der Waals surface area contributed by atoms with Gasteiger partial charge in [-0.05, 0) is 76.6 Å². The first-order valence-corrected chi connectivity index (χ1v) is 11.6. The molecule has 0 aliphatic carbocycles. The molecule has 3 heterocycles. The zero-order valence-corrected chi connectivity index (χ0v) is 20.8. The Hall–Kier alpha value is -3.29. The molecule has 0 radical (unpaired) electrons. The number of nitrogens with zero attached hydrogens (tertiary/aromatic N) is 3. The molecule has 8 nitrogen and oxygen atoms in total. The maximum Gasteiger partial charge on any atom is 0.313 e. The lowest BCUT2D eigenvalue weighted by atomic mass is 9.90. The Labute approximate surface area is 201 Å². The van der Waals surface area contributed by atoms with Crippen molar-refractivity contribution in [2.24, 2.45) is 5.92 Å². The fraction of sp³-hybridized carbons (Fsp3) is 0.500. The molecule has 0 aromatic carbocycles. The lowest BCUT2D eigenvalue weighted by Gasteiger charge is -2.38. The Morgan fingerprint density at radius 3 is 2.47 bits per heavy atom. The van der Waals surface area contributed by atoms with E-state index in [4.69, 9.17) is 4.74 Å². The first-order valence-electron chi connectivity index (χ1n) is 11.6. The van der Waals surface area contributed by atoms with E-state index >= 15 is 0 Å². The Bertz CT molecular complexity index is 1060. The molecule has 0 spiro atoms. The van der Waals surface area contributed by atoms with Crippen LogP contribution in [0.5, 0.6) is 0 Å². The van der Waals surface area contributed by atoms with Gasteiger partial charge in [0.25, 0.3) is 0 Å². The summed E-state index contributed by atoms with van der Waals surface area (Å²) in [4.78, 5) is 48.4. The maximum absolute atomic E-state index is 13.1. The second-order valence-electron chi connectivity index (χ2n) is 10.1. The fourth-order valence-corrected chi connectivity index (χ4v) is 4.09. The van der Waals surface area contributed by atoms with Crippen LogP contribution < -0.4 is 5.32 Å². The van der Waals surface area contributed by atoms with Gasteiger partial charge in [0.2, 0.25) is 0 Å². The summed E-state index contributed by atoms with van der Waals surface area (Å²) in [5.74, 6) is -1.35. The van der Waals surface area contributed by atoms with E-state index in [1.807, 2.05) is 39.8 Å². The third-order valence-electron chi connectivity index (χ3n) is 5.77. The molecule has 3 rings (SSSR count). The molecule has 1 fully saturated rings. The number of esters is 1. The summed E-state index contributed by atoms with van der Waals surface area (Å²) in [6.45, 7) is 11.7. The molecular weight excluding hydrogens is 432 g/mol. The van der Waals surface area contributed by atoms with Gasteiger partial charge in [0.05, 0.1) is 30.0 Å². The number of nitrogens with one attached hydrogen (secondary N) is 1. The molecular formula is C26H34N4O4. The summed E-state index contributed by atoms with van der Waals surface area (Å²) in [5.41, 5.74) is 2.96. The molecule has 34 heavy (non-hydrogen) atoms. The zero-order chi connectivity index (χ0) is 25.0. The summed E-state index contributed by atoms with van der Waals surface area (Å²) in [7, 11) is 0.